The lowest BCUT2D eigenvalue weighted by atomic mass is 10.0. The fourth-order valence-corrected chi connectivity index (χ4v) is 7.49. The molecule has 8 nitrogen and oxygen atoms in total. The SMILES string of the molecule is CCCCC/C=C/C/C=C/C/C=C/C/C=C/CCCCCCCC(=O)OCC(COCCC(C(=O)O)[N+](C)(C)C)OC(=O)CCCCCCCCCCCCCCCCCCC. The first-order chi connectivity index (χ1) is 30.1. The van der Waals surface area contributed by atoms with Gasteiger partial charge in [0.2, 0.25) is 0 Å². The van der Waals surface area contributed by atoms with E-state index in [0.717, 1.165) is 77.0 Å². The van der Waals surface area contributed by atoms with Crippen LogP contribution in [0.4, 0.5) is 0 Å². The van der Waals surface area contributed by atoms with E-state index >= 15 is 0 Å². The van der Waals surface area contributed by atoms with Gasteiger partial charge in [0.05, 0.1) is 34.4 Å². The van der Waals surface area contributed by atoms with Crippen LogP contribution in [0.5, 0.6) is 0 Å². The summed E-state index contributed by atoms with van der Waals surface area (Å²) in [7, 11) is 5.53. The second-order valence-electron chi connectivity index (χ2n) is 18.4. The van der Waals surface area contributed by atoms with Crippen LogP contribution in [-0.4, -0.2) is 80.6 Å². The first kappa shape index (κ1) is 59.3. The van der Waals surface area contributed by atoms with Gasteiger partial charge in [-0.1, -0.05) is 197 Å². The van der Waals surface area contributed by atoms with Gasteiger partial charge in [-0.15, -0.1) is 0 Å². The van der Waals surface area contributed by atoms with Gasteiger partial charge < -0.3 is 23.8 Å². The largest absolute Gasteiger partial charge is 0.477 e. The number of hydrogen-bond donors (Lipinski definition) is 1. The number of likely N-dealkylation sites (N-methyl/N-ethyl adjacent to an activating group) is 1. The zero-order chi connectivity index (χ0) is 45.6. The van der Waals surface area contributed by atoms with Crippen LogP contribution in [0.3, 0.4) is 0 Å². The molecule has 0 bridgehead atoms. The minimum absolute atomic E-state index is 0.0565. The molecule has 0 rings (SSSR count). The molecule has 0 amide bonds. The molecule has 0 aromatic rings. The van der Waals surface area contributed by atoms with Gasteiger partial charge in [0.1, 0.15) is 6.61 Å². The molecule has 8 heteroatoms. The molecule has 0 fully saturated rings. The van der Waals surface area contributed by atoms with E-state index in [0.29, 0.717) is 19.3 Å². The smallest absolute Gasteiger partial charge is 0.362 e. The molecule has 360 valence electrons. The topological polar surface area (TPSA) is 99.1 Å². The summed E-state index contributed by atoms with van der Waals surface area (Å²) in [6.07, 6.45) is 54.4. The third kappa shape index (κ3) is 42.6. The summed E-state index contributed by atoms with van der Waals surface area (Å²) in [6, 6.07) is -0.618. The van der Waals surface area contributed by atoms with Crippen molar-refractivity contribution < 1.29 is 38.2 Å². The van der Waals surface area contributed by atoms with Crippen molar-refractivity contribution >= 4 is 17.9 Å². The molecule has 2 atom stereocenters. The van der Waals surface area contributed by atoms with Gasteiger partial charge in [-0.2, -0.15) is 0 Å². The zero-order valence-corrected chi connectivity index (χ0v) is 41.1. The summed E-state index contributed by atoms with van der Waals surface area (Å²) >= 11 is 0. The Bertz CT molecular complexity index is 1150. The van der Waals surface area contributed by atoms with E-state index in [9.17, 15) is 19.5 Å². The standard InChI is InChI=1S/C54H97NO7/c1-6-8-10-12-14-16-18-20-22-24-25-26-27-29-30-32-34-36-38-40-42-44-52(56)61-49-50(48-60-47-46-51(54(58)59)55(3,4)5)62-53(57)45-43-41-39-37-35-33-31-28-23-21-19-17-15-13-11-9-7-2/h14,16,20,22,25-26,29-30,50-51H,6-13,15,17-19,21,23-24,27-28,31-49H2,1-5H3/p+1/b16-14+,22-20+,26-25+,30-29+. The normalized spacial score (nSPS) is 13.2. The number of allylic oxidation sites excluding steroid dienone is 8. The lowest BCUT2D eigenvalue weighted by molar-refractivity contribution is -0.887. The number of ether oxygens (including phenoxy) is 3. The maximum absolute atomic E-state index is 12.8. The number of quaternary nitrogens is 1. The quantitative estimate of drug-likeness (QED) is 0.0281. The zero-order valence-electron chi connectivity index (χ0n) is 41.1. The first-order valence-corrected chi connectivity index (χ1v) is 25.7. The first-order valence-electron chi connectivity index (χ1n) is 25.7. The number of carboxylic acid groups (broad SMARTS) is 1. The Hall–Kier alpha value is -2.71. The van der Waals surface area contributed by atoms with Gasteiger partial charge in [-0.05, 0) is 57.8 Å². The Morgan fingerprint density at radius 3 is 1.29 bits per heavy atom. The summed E-state index contributed by atoms with van der Waals surface area (Å²) in [4.78, 5) is 37.1. The number of unbranched alkanes of at least 4 members (excludes halogenated alkanes) is 24. The lowest BCUT2D eigenvalue weighted by Gasteiger charge is -2.31. The van der Waals surface area contributed by atoms with Gasteiger partial charge in [-0.3, -0.25) is 9.59 Å². The van der Waals surface area contributed by atoms with Crippen LogP contribution < -0.4 is 0 Å². The van der Waals surface area contributed by atoms with Gasteiger partial charge in [0, 0.05) is 19.3 Å². The molecule has 2 unspecified atom stereocenters. The van der Waals surface area contributed by atoms with Crippen molar-refractivity contribution in [2.45, 2.75) is 238 Å². The summed E-state index contributed by atoms with van der Waals surface area (Å²) in [5.41, 5.74) is 0. The summed E-state index contributed by atoms with van der Waals surface area (Å²) in [5.74, 6) is -1.48. The van der Waals surface area contributed by atoms with Crippen molar-refractivity contribution in [3.63, 3.8) is 0 Å². The van der Waals surface area contributed by atoms with Crippen LogP contribution in [0.25, 0.3) is 0 Å². The molecular formula is C54H98NO7+. The Kier molecular flexibility index (Phi) is 42.9. The minimum atomic E-state index is -0.876. The van der Waals surface area contributed by atoms with Crippen LogP contribution in [0.15, 0.2) is 48.6 Å². The molecule has 0 heterocycles. The number of rotatable bonds is 46. The molecule has 0 aliphatic carbocycles. The molecule has 1 N–H and O–H groups in total. The third-order valence-corrected chi connectivity index (χ3v) is 11.5. The molecule has 0 aromatic carbocycles. The third-order valence-electron chi connectivity index (χ3n) is 11.5. The van der Waals surface area contributed by atoms with Crippen molar-refractivity contribution in [2.75, 3.05) is 41.0 Å². The van der Waals surface area contributed by atoms with Crippen molar-refractivity contribution in [1.29, 1.82) is 0 Å². The molecule has 0 saturated carbocycles. The summed E-state index contributed by atoms with van der Waals surface area (Å²) in [5, 5.41) is 9.65. The number of hydrogen-bond acceptors (Lipinski definition) is 6. The molecule has 0 spiro atoms. The van der Waals surface area contributed by atoms with Crippen molar-refractivity contribution in [1.82, 2.24) is 0 Å². The van der Waals surface area contributed by atoms with E-state index < -0.39 is 18.1 Å². The predicted molar refractivity (Wildman–Crippen MR) is 261 cm³/mol. The number of carbonyl (C=O) groups excluding carboxylic acids is 2. The van der Waals surface area contributed by atoms with Gasteiger partial charge in [-0.25, -0.2) is 4.79 Å². The Morgan fingerprint density at radius 1 is 0.484 bits per heavy atom. The van der Waals surface area contributed by atoms with Crippen molar-refractivity contribution in [3.8, 4) is 0 Å². The number of aliphatic carboxylic acids is 1. The summed E-state index contributed by atoms with van der Waals surface area (Å²) < 4.78 is 17.3. The van der Waals surface area contributed by atoms with E-state index in [4.69, 9.17) is 14.2 Å². The highest BCUT2D eigenvalue weighted by Crippen LogP contribution is 2.16. The number of carbonyl (C=O) groups is 3. The maximum atomic E-state index is 12.8. The Morgan fingerprint density at radius 2 is 0.855 bits per heavy atom. The van der Waals surface area contributed by atoms with Crippen LogP contribution in [0, 0.1) is 0 Å². The highest BCUT2D eigenvalue weighted by atomic mass is 16.6. The van der Waals surface area contributed by atoms with Crippen molar-refractivity contribution in [2.24, 2.45) is 0 Å². The van der Waals surface area contributed by atoms with E-state index in [1.165, 1.54) is 116 Å². The van der Waals surface area contributed by atoms with Crippen molar-refractivity contribution in [3.05, 3.63) is 48.6 Å². The molecule has 0 saturated heterocycles. The average Bonchev–Trinajstić information content (AvgIpc) is 3.23. The van der Waals surface area contributed by atoms with Crippen LogP contribution in [-0.2, 0) is 28.6 Å². The molecule has 0 radical (unpaired) electrons. The monoisotopic (exact) mass is 873 g/mol. The fourth-order valence-electron chi connectivity index (χ4n) is 7.49. The van der Waals surface area contributed by atoms with Gasteiger partial charge >= 0.3 is 17.9 Å². The van der Waals surface area contributed by atoms with Gasteiger partial charge in [0.25, 0.3) is 0 Å². The highest BCUT2D eigenvalue weighted by Gasteiger charge is 2.31. The highest BCUT2D eigenvalue weighted by molar-refractivity contribution is 5.72. The number of nitrogens with zero attached hydrogens (tertiary/aromatic N) is 1. The molecular weight excluding hydrogens is 775 g/mol. The van der Waals surface area contributed by atoms with E-state index in [-0.39, 0.29) is 36.2 Å². The fraction of sp³-hybridized carbons (Fsp3) is 0.796. The number of esters is 2. The van der Waals surface area contributed by atoms with Crippen LogP contribution >= 0.6 is 0 Å². The van der Waals surface area contributed by atoms with E-state index in [2.05, 4.69) is 62.5 Å². The predicted octanol–water partition coefficient (Wildman–Crippen LogP) is 14.8. The molecule has 0 aromatic heterocycles. The molecule has 0 aliphatic heterocycles. The second-order valence-corrected chi connectivity index (χ2v) is 18.4. The van der Waals surface area contributed by atoms with Crippen LogP contribution in [0.2, 0.25) is 0 Å². The second kappa shape index (κ2) is 44.9. The molecule has 62 heavy (non-hydrogen) atoms. The average molecular weight is 873 g/mol. The Balaban J connectivity index is 4.28. The maximum Gasteiger partial charge on any atom is 0.362 e. The van der Waals surface area contributed by atoms with E-state index in [1.807, 2.05) is 21.1 Å². The van der Waals surface area contributed by atoms with Crippen LogP contribution in [0.1, 0.15) is 226 Å². The summed E-state index contributed by atoms with van der Waals surface area (Å²) in [6.45, 7) is 4.72. The minimum Gasteiger partial charge on any atom is -0.477 e. The molecule has 0 aliphatic rings. The number of carboxylic acids is 1. The van der Waals surface area contributed by atoms with Gasteiger partial charge in [0.15, 0.2) is 12.1 Å². The Labute approximate surface area is 382 Å². The lowest BCUT2D eigenvalue weighted by Crippen LogP contribution is -2.50. The van der Waals surface area contributed by atoms with E-state index in [1.54, 1.807) is 0 Å².